The molecule has 2 atom stereocenters. The van der Waals surface area contributed by atoms with E-state index < -0.39 is 0 Å². The highest BCUT2D eigenvalue weighted by Crippen LogP contribution is 2.23. The van der Waals surface area contributed by atoms with Gasteiger partial charge in [0, 0.05) is 6.04 Å². The number of hydrogen-bond donors (Lipinski definition) is 2. The molecule has 7 nitrogen and oxygen atoms in total. The largest absolute Gasteiger partial charge is 0.379 e. The van der Waals surface area contributed by atoms with Crippen molar-refractivity contribution in [2.75, 3.05) is 13.2 Å². The summed E-state index contributed by atoms with van der Waals surface area (Å²) in [5.74, 6) is 1.95. The molecule has 1 saturated heterocycles. The van der Waals surface area contributed by atoms with Crippen molar-refractivity contribution in [1.82, 2.24) is 20.1 Å². The highest BCUT2D eigenvalue weighted by molar-refractivity contribution is 5.74. The van der Waals surface area contributed by atoms with Gasteiger partial charge >= 0.3 is 0 Å². The second-order valence-corrected chi connectivity index (χ2v) is 5.23. The van der Waals surface area contributed by atoms with Crippen molar-refractivity contribution < 1.29 is 9.26 Å². The van der Waals surface area contributed by atoms with Crippen LogP contribution in [0, 0.1) is 0 Å². The van der Waals surface area contributed by atoms with Crippen LogP contribution in [-0.2, 0) is 11.2 Å². The third kappa shape index (κ3) is 2.30. The molecule has 3 aromatic rings. The minimum Gasteiger partial charge on any atom is -0.379 e. The van der Waals surface area contributed by atoms with Crippen molar-refractivity contribution >= 4 is 11.0 Å². The molecular weight excluding hydrogens is 270 g/mol. The molecule has 3 heterocycles. The SMILES string of the molecule is NC1COCC1c1nc(Cc2nc3ccccc3[nH]2)no1. The highest BCUT2D eigenvalue weighted by Gasteiger charge is 2.31. The lowest BCUT2D eigenvalue weighted by Crippen LogP contribution is -2.27. The Hall–Kier alpha value is -2.25. The van der Waals surface area contributed by atoms with Crippen molar-refractivity contribution in [3.05, 3.63) is 41.8 Å². The van der Waals surface area contributed by atoms with Crippen LogP contribution in [0.3, 0.4) is 0 Å². The molecule has 2 unspecified atom stereocenters. The van der Waals surface area contributed by atoms with Gasteiger partial charge in [0.1, 0.15) is 5.82 Å². The zero-order valence-corrected chi connectivity index (χ0v) is 11.3. The van der Waals surface area contributed by atoms with Gasteiger partial charge in [0.25, 0.3) is 0 Å². The molecule has 1 aromatic carbocycles. The Morgan fingerprint density at radius 3 is 2.95 bits per heavy atom. The topological polar surface area (TPSA) is 103 Å². The Balaban J connectivity index is 1.55. The first kappa shape index (κ1) is 12.5. The molecule has 0 radical (unpaired) electrons. The van der Waals surface area contributed by atoms with Gasteiger partial charge in [-0.25, -0.2) is 4.98 Å². The molecule has 4 rings (SSSR count). The number of fused-ring (bicyclic) bond motifs is 1. The van der Waals surface area contributed by atoms with Crippen molar-refractivity contribution in [3.8, 4) is 0 Å². The maximum absolute atomic E-state index is 5.95. The van der Waals surface area contributed by atoms with E-state index in [1.165, 1.54) is 0 Å². The van der Waals surface area contributed by atoms with Gasteiger partial charge in [0.05, 0.1) is 36.6 Å². The number of aromatic nitrogens is 4. The van der Waals surface area contributed by atoms with Gasteiger partial charge in [0.15, 0.2) is 5.82 Å². The van der Waals surface area contributed by atoms with Gasteiger partial charge in [-0.1, -0.05) is 17.3 Å². The van der Waals surface area contributed by atoms with E-state index in [4.69, 9.17) is 15.0 Å². The Morgan fingerprint density at radius 1 is 1.24 bits per heavy atom. The number of benzene rings is 1. The first-order valence-electron chi connectivity index (χ1n) is 6.89. The molecule has 0 saturated carbocycles. The molecule has 0 amide bonds. The van der Waals surface area contributed by atoms with E-state index in [0.29, 0.717) is 31.3 Å². The van der Waals surface area contributed by atoms with Crippen molar-refractivity contribution in [1.29, 1.82) is 0 Å². The first-order valence-corrected chi connectivity index (χ1v) is 6.89. The van der Waals surface area contributed by atoms with E-state index >= 15 is 0 Å². The average molecular weight is 285 g/mol. The fraction of sp³-hybridized carbons (Fsp3) is 0.357. The molecule has 0 spiro atoms. The average Bonchev–Trinajstić information content (AvgIpc) is 3.17. The minimum absolute atomic E-state index is 0.0121. The number of aromatic amines is 1. The number of para-hydroxylation sites is 2. The zero-order chi connectivity index (χ0) is 14.2. The fourth-order valence-corrected chi connectivity index (χ4v) is 2.55. The molecule has 1 aliphatic rings. The maximum Gasteiger partial charge on any atom is 0.233 e. The van der Waals surface area contributed by atoms with Crippen LogP contribution in [0.4, 0.5) is 0 Å². The summed E-state index contributed by atoms with van der Waals surface area (Å²) in [4.78, 5) is 12.2. The van der Waals surface area contributed by atoms with Crippen LogP contribution in [0.5, 0.6) is 0 Å². The molecule has 108 valence electrons. The summed E-state index contributed by atoms with van der Waals surface area (Å²) in [6.45, 7) is 1.07. The van der Waals surface area contributed by atoms with Gasteiger partial charge < -0.3 is 20.0 Å². The molecule has 2 aromatic heterocycles. The molecule has 1 aliphatic heterocycles. The first-order chi connectivity index (χ1) is 10.3. The Labute approximate surface area is 120 Å². The van der Waals surface area contributed by atoms with Crippen LogP contribution in [0.15, 0.2) is 28.8 Å². The van der Waals surface area contributed by atoms with E-state index in [9.17, 15) is 0 Å². The number of ether oxygens (including phenoxy) is 1. The molecular formula is C14H15N5O2. The quantitative estimate of drug-likeness (QED) is 0.743. The summed E-state index contributed by atoms with van der Waals surface area (Å²) in [7, 11) is 0. The molecule has 0 bridgehead atoms. The van der Waals surface area contributed by atoms with Gasteiger partial charge in [0.2, 0.25) is 5.89 Å². The Morgan fingerprint density at radius 2 is 2.14 bits per heavy atom. The van der Waals surface area contributed by atoms with Crippen LogP contribution in [0.1, 0.15) is 23.5 Å². The summed E-state index contributed by atoms with van der Waals surface area (Å²) in [6, 6.07) is 7.80. The summed E-state index contributed by atoms with van der Waals surface area (Å²) >= 11 is 0. The molecule has 0 aliphatic carbocycles. The van der Waals surface area contributed by atoms with Gasteiger partial charge in [-0.15, -0.1) is 0 Å². The van der Waals surface area contributed by atoms with E-state index in [1.54, 1.807) is 0 Å². The number of nitrogens with two attached hydrogens (primary N) is 1. The lowest BCUT2D eigenvalue weighted by molar-refractivity contribution is 0.187. The lowest BCUT2D eigenvalue weighted by Gasteiger charge is -2.05. The van der Waals surface area contributed by atoms with Crippen molar-refractivity contribution in [2.45, 2.75) is 18.4 Å². The van der Waals surface area contributed by atoms with Gasteiger partial charge in [-0.3, -0.25) is 0 Å². The van der Waals surface area contributed by atoms with Crippen LogP contribution in [-0.4, -0.2) is 39.4 Å². The normalized spacial score (nSPS) is 22.1. The minimum atomic E-state index is -0.0792. The summed E-state index contributed by atoms with van der Waals surface area (Å²) in [5.41, 5.74) is 7.89. The third-order valence-corrected chi connectivity index (χ3v) is 3.69. The summed E-state index contributed by atoms with van der Waals surface area (Å²) in [6.07, 6.45) is 0.501. The van der Waals surface area contributed by atoms with E-state index in [0.717, 1.165) is 16.9 Å². The highest BCUT2D eigenvalue weighted by atomic mass is 16.5. The molecule has 21 heavy (non-hydrogen) atoms. The van der Waals surface area contributed by atoms with Crippen LogP contribution in [0.25, 0.3) is 11.0 Å². The van der Waals surface area contributed by atoms with Crippen LogP contribution in [0.2, 0.25) is 0 Å². The molecule has 7 heteroatoms. The Bertz CT molecular complexity index is 732. The lowest BCUT2D eigenvalue weighted by atomic mass is 10.1. The van der Waals surface area contributed by atoms with E-state index in [2.05, 4.69) is 20.1 Å². The zero-order valence-electron chi connectivity index (χ0n) is 11.3. The Kier molecular flexibility index (Phi) is 2.94. The fourth-order valence-electron chi connectivity index (χ4n) is 2.55. The standard InChI is InChI=1S/C14H15N5O2/c15-9-7-20-6-8(9)14-18-13(19-21-14)5-12-16-10-3-1-2-4-11(10)17-12/h1-4,8-9H,5-7,15H2,(H,16,17). The van der Waals surface area contributed by atoms with Gasteiger partial charge in [-0.05, 0) is 12.1 Å². The van der Waals surface area contributed by atoms with E-state index in [1.807, 2.05) is 24.3 Å². The van der Waals surface area contributed by atoms with E-state index in [-0.39, 0.29) is 12.0 Å². The second kappa shape index (κ2) is 4.94. The smallest absolute Gasteiger partial charge is 0.233 e. The molecule has 3 N–H and O–H groups in total. The van der Waals surface area contributed by atoms with Crippen LogP contribution >= 0.6 is 0 Å². The van der Waals surface area contributed by atoms with Gasteiger partial charge in [-0.2, -0.15) is 4.98 Å². The number of nitrogens with one attached hydrogen (secondary N) is 1. The number of hydrogen-bond acceptors (Lipinski definition) is 6. The maximum atomic E-state index is 5.95. The van der Waals surface area contributed by atoms with Crippen molar-refractivity contribution in [3.63, 3.8) is 0 Å². The number of imidazole rings is 1. The monoisotopic (exact) mass is 285 g/mol. The number of H-pyrrole nitrogens is 1. The predicted octanol–water partition coefficient (Wildman–Crippen LogP) is 0.978. The summed E-state index contributed by atoms with van der Waals surface area (Å²) < 4.78 is 10.6. The number of rotatable bonds is 3. The molecule has 1 fully saturated rings. The summed E-state index contributed by atoms with van der Waals surface area (Å²) in [5, 5.41) is 4.00. The third-order valence-electron chi connectivity index (χ3n) is 3.69. The second-order valence-electron chi connectivity index (χ2n) is 5.23. The van der Waals surface area contributed by atoms with Crippen LogP contribution < -0.4 is 5.73 Å². The van der Waals surface area contributed by atoms with Crippen molar-refractivity contribution in [2.24, 2.45) is 5.73 Å². The number of nitrogens with zero attached hydrogens (tertiary/aromatic N) is 3. The predicted molar refractivity (Wildman–Crippen MR) is 74.7 cm³/mol.